The number of ether oxygens (including phenoxy) is 2. The molecule has 0 fully saturated rings. The molecule has 1 aliphatic heterocycles. The van der Waals surface area contributed by atoms with E-state index < -0.39 is 11.9 Å². The summed E-state index contributed by atoms with van der Waals surface area (Å²) in [5.74, 6) is 0.496. The van der Waals surface area contributed by atoms with Crippen LogP contribution in [0.3, 0.4) is 0 Å². The highest BCUT2D eigenvalue weighted by molar-refractivity contribution is 5.92. The fourth-order valence-electron chi connectivity index (χ4n) is 3.02. The van der Waals surface area contributed by atoms with Gasteiger partial charge in [-0.1, -0.05) is 0 Å². The lowest BCUT2D eigenvalue weighted by molar-refractivity contribution is 0.0850. The quantitative estimate of drug-likeness (QED) is 0.683. The van der Waals surface area contributed by atoms with Crippen LogP contribution in [0.4, 0.5) is 0 Å². The average Bonchev–Trinajstić information content (AvgIpc) is 2.97. The van der Waals surface area contributed by atoms with Gasteiger partial charge in [0.25, 0.3) is 11.5 Å². The smallest absolute Gasteiger partial charge is 0.270 e. The summed E-state index contributed by atoms with van der Waals surface area (Å²) < 4.78 is 12.2. The summed E-state index contributed by atoms with van der Waals surface area (Å²) in [5.41, 5.74) is 0.872. The molecule has 1 unspecified atom stereocenters. The van der Waals surface area contributed by atoms with Crippen molar-refractivity contribution in [2.75, 3.05) is 20.3 Å². The van der Waals surface area contributed by atoms with Gasteiger partial charge in [0.05, 0.1) is 38.3 Å². The Balaban J connectivity index is 1.70. The molecule has 10 nitrogen and oxygen atoms in total. The second kappa shape index (κ2) is 8.15. The first kappa shape index (κ1) is 18.7. The summed E-state index contributed by atoms with van der Waals surface area (Å²) in [4.78, 5) is 42.1. The summed E-state index contributed by atoms with van der Waals surface area (Å²) in [6.07, 6.45) is 4.45. The van der Waals surface area contributed by atoms with Gasteiger partial charge in [0, 0.05) is 24.5 Å². The number of pyridine rings is 1. The fourth-order valence-corrected chi connectivity index (χ4v) is 3.02. The van der Waals surface area contributed by atoms with E-state index in [4.69, 9.17) is 9.47 Å². The van der Waals surface area contributed by atoms with Crippen LogP contribution in [0.15, 0.2) is 47.8 Å². The first-order valence-electron chi connectivity index (χ1n) is 8.92. The van der Waals surface area contributed by atoms with Crippen LogP contribution in [0.1, 0.15) is 22.4 Å². The number of carbonyl (C=O) groups excluding carboxylic acids is 1. The molecule has 3 aromatic heterocycles. The van der Waals surface area contributed by atoms with E-state index in [1.165, 1.54) is 36.3 Å². The third-order valence-corrected chi connectivity index (χ3v) is 4.44. The summed E-state index contributed by atoms with van der Waals surface area (Å²) in [6.45, 7) is 0.857. The Morgan fingerprint density at radius 2 is 2.14 bits per heavy atom. The molecule has 3 aromatic rings. The van der Waals surface area contributed by atoms with E-state index >= 15 is 0 Å². The number of amides is 1. The number of carbonyl (C=O) groups is 1. The van der Waals surface area contributed by atoms with Crippen molar-refractivity contribution in [1.29, 1.82) is 0 Å². The number of nitrogens with zero attached hydrogens (tertiary/aromatic N) is 5. The van der Waals surface area contributed by atoms with Gasteiger partial charge in [-0.05, 0) is 12.1 Å². The second-order valence-electron chi connectivity index (χ2n) is 6.27. The molecule has 1 N–H and O–H groups in total. The fraction of sp³-hybridized carbons (Fsp3) is 0.263. The Morgan fingerprint density at radius 1 is 1.24 bits per heavy atom. The van der Waals surface area contributed by atoms with Gasteiger partial charge in [-0.2, -0.15) is 0 Å². The van der Waals surface area contributed by atoms with E-state index in [2.05, 4.69) is 25.3 Å². The Hall–Kier alpha value is -3.66. The van der Waals surface area contributed by atoms with Crippen molar-refractivity contribution in [3.63, 3.8) is 0 Å². The number of aromatic nitrogens is 5. The molecule has 29 heavy (non-hydrogen) atoms. The van der Waals surface area contributed by atoms with Crippen LogP contribution in [0, 0.1) is 0 Å². The number of hydrogen-bond donors (Lipinski definition) is 1. The Morgan fingerprint density at radius 3 is 2.93 bits per heavy atom. The summed E-state index contributed by atoms with van der Waals surface area (Å²) in [7, 11) is 1.51. The normalized spacial score (nSPS) is 15.8. The van der Waals surface area contributed by atoms with Crippen LogP contribution in [-0.4, -0.2) is 50.7 Å². The molecule has 10 heteroatoms. The average molecular weight is 394 g/mol. The predicted molar refractivity (Wildman–Crippen MR) is 101 cm³/mol. The lowest BCUT2D eigenvalue weighted by Crippen LogP contribution is -2.36. The molecule has 0 aromatic carbocycles. The highest BCUT2D eigenvalue weighted by atomic mass is 16.5. The Kier molecular flexibility index (Phi) is 5.25. The number of methoxy groups -OCH3 is 1. The Labute approximate surface area is 165 Å². The van der Waals surface area contributed by atoms with E-state index in [9.17, 15) is 9.59 Å². The van der Waals surface area contributed by atoms with E-state index in [-0.39, 0.29) is 17.9 Å². The zero-order valence-corrected chi connectivity index (χ0v) is 15.6. The molecule has 0 spiro atoms. The molecule has 148 valence electrons. The third kappa shape index (κ3) is 3.97. The van der Waals surface area contributed by atoms with Crippen LogP contribution in [-0.2, 0) is 11.3 Å². The second-order valence-corrected chi connectivity index (χ2v) is 6.27. The van der Waals surface area contributed by atoms with Gasteiger partial charge >= 0.3 is 0 Å². The zero-order valence-electron chi connectivity index (χ0n) is 15.6. The van der Waals surface area contributed by atoms with Gasteiger partial charge < -0.3 is 14.8 Å². The van der Waals surface area contributed by atoms with Gasteiger partial charge in [-0.25, -0.2) is 15.0 Å². The highest BCUT2D eigenvalue weighted by Crippen LogP contribution is 2.19. The van der Waals surface area contributed by atoms with Gasteiger partial charge in [-0.15, -0.1) is 0 Å². The topological polar surface area (TPSA) is 121 Å². The van der Waals surface area contributed by atoms with E-state index in [0.29, 0.717) is 36.1 Å². The van der Waals surface area contributed by atoms with Crippen molar-refractivity contribution < 1.29 is 14.3 Å². The van der Waals surface area contributed by atoms with Gasteiger partial charge in [0.1, 0.15) is 29.6 Å². The first-order valence-corrected chi connectivity index (χ1v) is 8.92. The predicted octanol–water partition coefficient (Wildman–Crippen LogP) is 0.605. The minimum absolute atomic E-state index is 0.176. The molecule has 4 heterocycles. The molecule has 4 rings (SSSR count). The van der Waals surface area contributed by atoms with Crippen molar-refractivity contribution >= 4 is 5.91 Å². The molecule has 1 amide bonds. The largest absolute Gasteiger partial charge is 0.497 e. The summed E-state index contributed by atoms with van der Waals surface area (Å²) in [5, 5.41) is 2.85. The van der Waals surface area contributed by atoms with Crippen molar-refractivity contribution in [2.45, 2.75) is 12.6 Å². The van der Waals surface area contributed by atoms with E-state index in [1.807, 2.05) is 0 Å². The minimum Gasteiger partial charge on any atom is -0.497 e. The molecule has 0 saturated heterocycles. The Bertz CT molecular complexity index is 1090. The van der Waals surface area contributed by atoms with E-state index in [1.54, 1.807) is 18.3 Å². The standard InChI is InChI=1S/C19H18N6O4/c1-28-12-2-5-21-15(8-12)19(27)24-16-10-29-7-6-25-17(26)9-14(23-18(16)25)13-3-4-20-11-22-13/h2-5,8-9,11,16H,6-7,10H2,1H3,(H,24,27). The van der Waals surface area contributed by atoms with Crippen LogP contribution in [0.25, 0.3) is 11.4 Å². The highest BCUT2D eigenvalue weighted by Gasteiger charge is 2.25. The summed E-state index contributed by atoms with van der Waals surface area (Å²) in [6, 6.07) is 5.63. The van der Waals surface area contributed by atoms with Crippen molar-refractivity contribution in [1.82, 2.24) is 29.8 Å². The number of nitrogens with one attached hydrogen (secondary N) is 1. The molecule has 0 radical (unpaired) electrons. The monoisotopic (exact) mass is 394 g/mol. The molecule has 0 aliphatic carbocycles. The van der Waals surface area contributed by atoms with Crippen LogP contribution >= 0.6 is 0 Å². The first-order chi connectivity index (χ1) is 14.2. The maximum absolute atomic E-state index is 12.7. The summed E-state index contributed by atoms with van der Waals surface area (Å²) >= 11 is 0. The van der Waals surface area contributed by atoms with Crippen LogP contribution < -0.4 is 15.6 Å². The number of fused-ring (bicyclic) bond motifs is 1. The molecule has 0 bridgehead atoms. The zero-order chi connectivity index (χ0) is 20.2. The molecular formula is C19H18N6O4. The minimum atomic E-state index is -0.632. The third-order valence-electron chi connectivity index (χ3n) is 4.44. The van der Waals surface area contributed by atoms with Crippen LogP contribution in [0.2, 0.25) is 0 Å². The maximum atomic E-state index is 12.7. The van der Waals surface area contributed by atoms with Crippen molar-refractivity contribution in [3.8, 4) is 17.1 Å². The molecule has 1 aliphatic rings. The SMILES string of the molecule is COc1ccnc(C(=O)NC2COCCn3c2nc(-c2ccncn2)cc3=O)c1. The van der Waals surface area contributed by atoms with Crippen molar-refractivity contribution in [3.05, 3.63) is 64.9 Å². The van der Waals surface area contributed by atoms with Gasteiger partial charge in [0.15, 0.2) is 0 Å². The number of hydrogen-bond acceptors (Lipinski definition) is 8. The molecule has 0 saturated carbocycles. The van der Waals surface area contributed by atoms with E-state index in [0.717, 1.165) is 0 Å². The van der Waals surface area contributed by atoms with Crippen molar-refractivity contribution in [2.24, 2.45) is 0 Å². The molecule has 1 atom stereocenters. The lowest BCUT2D eigenvalue weighted by atomic mass is 10.2. The number of rotatable bonds is 4. The lowest BCUT2D eigenvalue weighted by Gasteiger charge is -2.19. The molecular weight excluding hydrogens is 376 g/mol. The van der Waals surface area contributed by atoms with Crippen LogP contribution in [0.5, 0.6) is 5.75 Å². The van der Waals surface area contributed by atoms with Gasteiger partial charge in [-0.3, -0.25) is 19.1 Å². The maximum Gasteiger partial charge on any atom is 0.270 e. The van der Waals surface area contributed by atoms with Gasteiger partial charge in [0.2, 0.25) is 0 Å².